The van der Waals surface area contributed by atoms with E-state index in [9.17, 15) is 13.6 Å². The first kappa shape index (κ1) is 24.2. The third-order valence-corrected chi connectivity index (χ3v) is 4.21. The van der Waals surface area contributed by atoms with Crippen molar-refractivity contribution in [3.05, 3.63) is 23.8 Å². The first-order valence-corrected chi connectivity index (χ1v) is 8.83. The summed E-state index contributed by atoms with van der Waals surface area (Å²) in [5.74, 6) is 1.15. The van der Waals surface area contributed by atoms with Crippen LogP contribution in [0.1, 0.15) is 25.3 Å². The van der Waals surface area contributed by atoms with Crippen LogP contribution in [0, 0.1) is 0 Å². The van der Waals surface area contributed by atoms with Crippen LogP contribution in [0.5, 0.6) is 11.5 Å². The number of likely N-dealkylation sites (tertiary alicyclic amines) is 1. The first-order valence-electron chi connectivity index (χ1n) is 8.83. The van der Waals surface area contributed by atoms with Gasteiger partial charge in [0.05, 0.1) is 13.7 Å². The van der Waals surface area contributed by atoms with E-state index in [0.717, 1.165) is 6.42 Å². The summed E-state index contributed by atoms with van der Waals surface area (Å²) in [4.78, 5) is 17.8. The number of guanidine groups is 1. The number of ether oxygens (including phenoxy) is 2. The van der Waals surface area contributed by atoms with E-state index in [4.69, 9.17) is 4.74 Å². The Morgan fingerprint density at radius 3 is 2.79 bits per heavy atom. The predicted molar refractivity (Wildman–Crippen MR) is 114 cm³/mol. The van der Waals surface area contributed by atoms with Gasteiger partial charge in [0.1, 0.15) is 11.5 Å². The zero-order valence-corrected chi connectivity index (χ0v) is 18.5. The van der Waals surface area contributed by atoms with E-state index in [1.807, 2.05) is 6.92 Å². The van der Waals surface area contributed by atoms with Crippen LogP contribution in [0.3, 0.4) is 0 Å². The molecule has 0 aliphatic carbocycles. The number of benzene rings is 1. The predicted octanol–water partition coefficient (Wildman–Crippen LogP) is 2.59. The summed E-state index contributed by atoms with van der Waals surface area (Å²) >= 11 is 0. The lowest BCUT2D eigenvalue weighted by Gasteiger charge is -2.31. The average Bonchev–Trinajstić information content (AvgIpc) is 2.63. The zero-order chi connectivity index (χ0) is 19.8. The third kappa shape index (κ3) is 7.28. The Labute approximate surface area is 180 Å². The fourth-order valence-electron chi connectivity index (χ4n) is 2.81. The van der Waals surface area contributed by atoms with E-state index in [1.165, 1.54) is 13.2 Å². The van der Waals surface area contributed by atoms with Crippen LogP contribution >= 0.6 is 24.0 Å². The van der Waals surface area contributed by atoms with E-state index in [2.05, 4.69) is 20.4 Å². The highest BCUT2D eigenvalue weighted by atomic mass is 127. The van der Waals surface area contributed by atoms with Crippen LogP contribution in [-0.4, -0.2) is 56.7 Å². The number of hydrogen-bond donors (Lipinski definition) is 2. The summed E-state index contributed by atoms with van der Waals surface area (Å²) in [7, 11) is 3.23. The number of carbonyl (C=O) groups excluding carboxylic acids is 1. The number of nitrogens with zero attached hydrogens (tertiary/aromatic N) is 2. The van der Waals surface area contributed by atoms with Gasteiger partial charge in [-0.2, -0.15) is 8.78 Å². The van der Waals surface area contributed by atoms with Crippen molar-refractivity contribution >= 4 is 35.8 Å². The second-order valence-corrected chi connectivity index (χ2v) is 6.20. The minimum Gasteiger partial charge on any atom is -0.497 e. The Morgan fingerprint density at radius 1 is 1.43 bits per heavy atom. The molecule has 0 radical (unpaired) electrons. The van der Waals surface area contributed by atoms with Gasteiger partial charge in [-0.25, -0.2) is 4.99 Å². The minimum atomic E-state index is -2.93. The number of hydrogen-bond acceptors (Lipinski definition) is 4. The monoisotopic (exact) mass is 512 g/mol. The van der Waals surface area contributed by atoms with E-state index < -0.39 is 6.61 Å². The van der Waals surface area contributed by atoms with Gasteiger partial charge in [0.25, 0.3) is 0 Å². The van der Waals surface area contributed by atoms with Crippen molar-refractivity contribution < 1.29 is 23.0 Å². The van der Waals surface area contributed by atoms with Crippen LogP contribution in [0.4, 0.5) is 8.78 Å². The van der Waals surface area contributed by atoms with Crippen molar-refractivity contribution in [1.29, 1.82) is 0 Å². The Balaban J connectivity index is 0.00000392. The smallest absolute Gasteiger partial charge is 0.387 e. The summed E-state index contributed by atoms with van der Waals surface area (Å²) < 4.78 is 35.0. The van der Waals surface area contributed by atoms with Gasteiger partial charge < -0.3 is 25.0 Å². The quantitative estimate of drug-likeness (QED) is 0.334. The van der Waals surface area contributed by atoms with E-state index in [1.54, 1.807) is 24.1 Å². The standard InChI is InChI=1S/C18H26F2N4O3.HI/c1-4-21-18(23-13-6-8-16(25)24(2)11-13)22-10-12-5-7-14(26-3)9-15(12)27-17(19)20;/h5,7,9,13,17H,4,6,8,10-11H2,1-3H3,(H2,21,22,23);1H. The topological polar surface area (TPSA) is 75.2 Å². The molecule has 0 bridgehead atoms. The SMILES string of the molecule is CCNC(=NCc1ccc(OC)cc1OC(F)F)NC1CCC(=O)N(C)C1.I. The molecule has 1 atom stereocenters. The van der Waals surface area contributed by atoms with Crippen molar-refractivity contribution in [2.24, 2.45) is 4.99 Å². The van der Waals surface area contributed by atoms with Crippen LogP contribution in [0.2, 0.25) is 0 Å². The third-order valence-electron chi connectivity index (χ3n) is 4.21. The molecule has 28 heavy (non-hydrogen) atoms. The van der Waals surface area contributed by atoms with Gasteiger partial charge in [-0.1, -0.05) is 0 Å². The fraction of sp³-hybridized carbons (Fsp3) is 0.556. The number of rotatable bonds is 7. The molecule has 1 fully saturated rings. The fourth-order valence-corrected chi connectivity index (χ4v) is 2.81. The van der Waals surface area contributed by atoms with Crippen molar-refractivity contribution in [3.8, 4) is 11.5 Å². The number of nitrogens with one attached hydrogen (secondary N) is 2. The highest BCUT2D eigenvalue weighted by molar-refractivity contribution is 14.0. The average molecular weight is 512 g/mol. The molecule has 158 valence electrons. The molecule has 7 nitrogen and oxygen atoms in total. The van der Waals surface area contributed by atoms with Crippen molar-refractivity contribution in [2.75, 3.05) is 27.2 Å². The lowest BCUT2D eigenvalue weighted by atomic mass is 10.1. The van der Waals surface area contributed by atoms with E-state index in [-0.39, 0.29) is 48.2 Å². The molecule has 0 saturated carbocycles. The molecular weight excluding hydrogens is 485 g/mol. The second kappa shape index (κ2) is 11.9. The maximum atomic E-state index is 12.7. The molecule has 0 spiro atoms. The molecule has 10 heteroatoms. The molecule has 1 aromatic carbocycles. The molecule has 1 unspecified atom stereocenters. The number of halogens is 3. The summed E-state index contributed by atoms with van der Waals surface area (Å²) in [6.45, 7) is 0.401. The highest BCUT2D eigenvalue weighted by Gasteiger charge is 2.23. The number of aliphatic imine (C=N–C) groups is 1. The van der Waals surface area contributed by atoms with Gasteiger partial charge in [0.2, 0.25) is 5.91 Å². The lowest BCUT2D eigenvalue weighted by molar-refractivity contribution is -0.132. The number of amides is 1. The Kier molecular flexibility index (Phi) is 10.3. The molecule has 1 amide bonds. The molecule has 1 heterocycles. The molecule has 2 rings (SSSR count). The normalized spacial score (nSPS) is 17.2. The lowest BCUT2D eigenvalue weighted by Crippen LogP contribution is -2.51. The van der Waals surface area contributed by atoms with Gasteiger partial charge in [0, 0.05) is 44.2 Å². The van der Waals surface area contributed by atoms with Crippen LogP contribution in [0.25, 0.3) is 0 Å². The van der Waals surface area contributed by atoms with E-state index in [0.29, 0.717) is 36.8 Å². The van der Waals surface area contributed by atoms with Gasteiger partial charge in [-0.05, 0) is 25.5 Å². The maximum absolute atomic E-state index is 12.7. The Hall–Kier alpha value is -1.85. The van der Waals surface area contributed by atoms with Crippen molar-refractivity contribution in [2.45, 2.75) is 39.0 Å². The van der Waals surface area contributed by atoms with E-state index >= 15 is 0 Å². The molecule has 1 aromatic rings. The van der Waals surface area contributed by atoms with Gasteiger partial charge >= 0.3 is 6.61 Å². The number of alkyl halides is 2. The number of methoxy groups -OCH3 is 1. The molecule has 1 aliphatic heterocycles. The number of piperidine rings is 1. The number of likely N-dealkylation sites (N-methyl/N-ethyl adjacent to an activating group) is 1. The summed E-state index contributed by atoms with van der Waals surface area (Å²) in [5.41, 5.74) is 0.518. The Morgan fingerprint density at radius 2 is 2.18 bits per heavy atom. The van der Waals surface area contributed by atoms with Crippen molar-refractivity contribution in [1.82, 2.24) is 15.5 Å². The molecule has 0 aromatic heterocycles. The van der Waals surface area contributed by atoms with Crippen LogP contribution in [0.15, 0.2) is 23.2 Å². The minimum absolute atomic E-state index is 0. The molecule has 1 aliphatic rings. The summed E-state index contributed by atoms with van der Waals surface area (Å²) in [5, 5.41) is 6.42. The maximum Gasteiger partial charge on any atom is 0.387 e. The first-order chi connectivity index (χ1) is 12.9. The molecular formula is C18H27F2IN4O3. The van der Waals surface area contributed by atoms with Crippen molar-refractivity contribution in [3.63, 3.8) is 0 Å². The second-order valence-electron chi connectivity index (χ2n) is 6.20. The van der Waals surface area contributed by atoms with Crippen LogP contribution in [-0.2, 0) is 11.3 Å². The number of carbonyl (C=O) groups is 1. The van der Waals surface area contributed by atoms with Gasteiger partial charge in [-0.3, -0.25) is 4.79 Å². The van der Waals surface area contributed by atoms with Crippen LogP contribution < -0.4 is 20.1 Å². The molecule has 1 saturated heterocycles. The van der Waals surface area contributed by atoms with Gasteiger partial charge in [0.15, 0.2) is 5.96 Å². The highest BCUT2D eigenvalue weighted by Crippen LogP contribution is 2.27. The summed E-state index contributed by atoms with van der Waals surface area (Å²) in [6.07, 6.45) is 1.20. The van der Waals surface area contributed by atoms with Gasteiger partial charge in [-0.15, -0.1) is 24.0 Å². The summed E-state index contributed by atoms with van der Waals surface area (Å²) in [6, 6.07) is 4.82. The zero-order valence-electron chi connectivity index (χ0n) is 16.2. The Bertz CT molecular complexity index is 676. The largest absolute Gasteiger partial charge is 0.497 e. The molecule has 2 N–H and O–H groups in total.